The van der Waals surface area contributed by atoms with Gasteiger partial charge in [-0.2, -0.15) is 4.98 Å². The molecule has 2 heterocycles. The molecule has 0 aliphatic heterocycles. The predicted molar refractivity (Wildman–Crippen MR) is 102 cm³/mol. The van der Waals surface area contributed by atoms with Gasteiger partial charge in [0.1, 0.15) is 5.03 Å². The molecule has 0 fully saturated rings. The molecule has 4 rings (SSSR count). The fourth-order valence-electron chi connectivity index (χ4n) is 2.35. The van der Waals surface area contributed by atoms with Gasteiger partial charge >= 0.3 is 0 Å². The molecule has 0 atom stereocenters. The summed E-state index contributed by atoms with van der Waals surface area (Å²) in [5.74, 6) is 1.67. The maximum Gasteiger partial charge on any atom is 0.237 e. The van der Waals surface area contributed by atoms with Crippen LogP contribution in [0.15, 0.2) is 76.3 Å². The first-order valence-electron chi connectivity index (χ1n) is 7.88. The number of hydrogen-bond acceptors (Lipinski definition) is 6. The van der Waals surface area contributed by atoms with Crippen LogP contribution in [0, 0.1) is 0 Å². The van der Waals surface area contributed by atoms with Gasteiger partial charge < -0.3 is 4.52 Å². The molecule has 26 heavy (non-hydrogen) atoms. The van der Waals surface area contributed by atoms with Gasteiger partial charge in [0, 0.05) is 16.1 Å². The van der Waals surface area contributed by atoms with Gasteiger partial charge in [0.15, 0.2) is 0 Å². The number of rotatable bonds is 5. The normalized spacial score (nSPS) is 10.8. The van der Waals surface area contributed by atoms with Crippen LogP contribution in [0.25, 0.3) is 22.6 Å². The van der Waals surface area contributed by atoms with Gasteiger partial charge in [0.25, 0.3) is 0 Å². The van der Waals surface area contributed by atoms with Crippen molar-refractivity contribution in [3.63, 3.8) is 0 Å². The molecular weight excluding hydrogens is 368 g/mol. The van der Waals surface area contributed by atoms with Crippen molar-refractivity contribution in [2.24, 2.45) is 0 Å². The topological polar surface area (TPSA) is 64.7 Å². The highest BCUT2D eigenvalue weighted by Crippen LogP contribution is 2.24. The molecule has 0 unspecified atom stereocenters. The Labute approximate surface area is 159 Å². The van der Waals surface area contributed by atoms with E-state index in [1.54, 1.807) is 0 Å². The molecule has 7 heteroatoms. The first-order chi connectivity index (χ1) is 12.8. The molecule has 0 spiro atoms. The SMILES string of the molecule is Clc1cccc(-c2ccc(SCc3nc(-c4ccccc4)no3)nn2)c1. The number of nitrogens with zero attached hydrogens (tertiary/aromatic N) is 4. The fraction of sp³-hybridized carbons (Fsp3) is 0.0526. The minimum Gasteiger partial charge on any atom is -0.338 e. The van der Waals surface area contributed by atoms with Crippen LogP contribution in [0.4, 0.5) is 0 Å². The lowest BCUT2D eigenvalue weighted by molar-refractivity contribution is 0.391. The van der Waals surface area contributed by atoms with E-state index in [1.165, 1.54) is 11.8 Å². The van der Waals surface area contributed by atoms with Crippen molar-refractivity contribution in [3.8, 4) is 22.6 Å². The van der Waals surface area contributed by atoms with Gasteiger partial charge in [-0.15, -0.1) is 10.2 Å². The van der Waals surface area contributed by atoms with Crippen LogP contribution in [0.2, 0.25) is 5.02 Å². The summed E-state index contributed by atoms with van der Waals surface area (Å²) in [6, 6.07) is 21.1. The molecule has 2 aromatic heterocycles. The Morgan fingerprint density at radius 1 is 0.885 bits per heavy atom. The zero-order valence-electron chi connectivity index (χ0n) is 13.5. The molecule has 0 radical (unpaired) electrons. The zero-order chi connectivity index (χ0) is 17.8. The standard InChI is InChI=1S/C19H13ClN4OS/c20-15-8-4-7-14(11-15)16-9-10-18(23-22-16)26-12-17-21-19(24-25-17)13-5-2-1-3-6-13/h1-11H,12H2. The number of thioether (sulfide) groups is 1. The average Bonchev–Trinajstić information content (AvgIpc) is 3.17. The third kappa shape index (κ3) is 3.92. The summed E-state index contributed by atoms with van der Waals surface area (Å²) >= 11 is 7.51. The molecule has 5 nitrogen and oxygen atoms in total. The molecule has 0 amide bonds. The second-order valence-corrected chi connectivity index (χ2v) is 6.87. The fourth-order valence-corrected chi connectivity index (χ4v) is 3.19. The Morgan fingerprint density at radius 3 is 2.50 bits per heavy atom. The van der Waals surface area contributed by atoms with Crippen LogP contribution < -0.4 is 0 Å². The molecule has 0 aliphatic carbocycles. The molecule has 0 N–H and O–H groups in total. The van der Waals surface area contributed by atoms with E-state index in [9.17, 15) is 0 Å². The highest BCUT2D eigenvalue weighted by Gasteiger charge is 2.09. The number of benzene rings is 2. The molecule has 0 saturated heterocycles. The van der Waals surface area contributed by atoms with Crippen molar-refractivity contribution in [3.05, 3.63) is 77.6 Å². The van der Waals surface area contributed by atoms with E-state index in [0.29, 0.717) is 22.5 Å². The van der Waals surface area contributed by atoms with Crippen molar-refractivity contribution in [2.75, 3.05) is 0 Å². The van der Waals surface area contributed by atoms with Crippen molar-refractivity contribution in [1.29, 1.82) is 0 Å². The first kappa shape index (κ1) is 16.8. The molecule has 2 aromatic carbocycles. The van der Waals surface area contributed by atoms with Gasteiger partial charge in [-0.1, -0.05) is 71.0 Å². The van der Waals surface area contributed by atoms with E-state index >= 15 is 0 Å². The Hall–Kier alpha value is -2.70. The summed E-state index contributed by atoms with van der Waals surface area (Å²) in [4.78, 5) is 4.41. The Bertz CT molecular complexity index is 1010. The van der Waals surface area contributed by atoms with Crippen LogP contribution in [0.3, 0.4) is 0 Å². The summed E-state index contributed by atoms with van der Waals surface area (Å²) in [5, 5.41) is 14.0. The van der Waals surface area contributed by atoms with E-state index in [1.807, 2.05) is 66.7 Å². The Kier molecular flexibility index (Phi) is 4.95. The summed E-state index contributed by atoms with van der Waals surface area (Å²) in [5.41, 5.74) is 2.64. The molecular formula is C19H13ClN4OS. The van der Waals surface area contributed by atoms with Gasteiger partial charge in [-0.05, 0) is 24.3 Å². The van der Waals surface area contributed by atoms with E-state index < -0.39 is 0 Å². The zero-order valence-corrected chi connectivity index (χ0v) is 15.1. The van der Waals surface area contributed by atoms with Crippen LogP contribution >= 0.6 is 23.4 Å². The van der Waals surface area contributed by atoms with Crippen LogP contribution in [-0.4, -0.2) is 20.3 Å². The van der Waals surface area contributed by atoms with Crippen molar-refractivity contribution in [1.82, 2.24) is 20.3 Å². The highest BCUT2D eigenvalue weighted by molar-refractivity contribution is 7.98. The second-order valence-electron chi connectivity index (χ2n) is 5.43. The van der Waals surface area contributed by atoms with Crippen molar-refractivity contribution >= 4 is 23.4 Å². The second kappa shape index (κ2) is 7.68. The summed E-state index contributed by atoms with van der Waals surface area (Å²) in [7, 11) is 0. The minimum absolute atomic E-state index is 0.533. The average molecular weight is 381 g/mol. The summed E-state index contributed by atoms with van der Waals surface area (Å²) in [6.45, 7) is 0. The van der Waals surface area contributed by atoms with Crippen LogP contribution in [0.1, 0.15) is 5.89 Å². The minimum atomic E-state index is 0.533. The molecule has 0 saturated carbocycles. The molecule has 128 valence electrons. The lowest BCUT2D eigenvalue weighted by Gasteiger charge is -2.02. The lowest BCUT2D eigenvalue weighted by Crippen LogP contribution is -1.90. The van der Waals surface area contributed by atoms with E-state index in [-0.39, 0.29) is 0 Å². The summed E-state index contributed by atoms with van der Waals surface area (Å²) < 4.78 is 5.30. The number of halogens is 1. The van der Waals surface area contributed by atoms with Gasteiger partial charge in [-0.3, -0.25) is 0 Å². The largest absolute Gasteiger partial charge is 0.338 e. The smallest absolute Gasteiger partial charge is 0.237 e. The Balaban J connectivity index is 1.42. The number of aromatic nitrogens is 4. The van der Waals surface area contributed by atoms with Crippen molar-refractivity contribution in [2.45, 2.75) is 10.8 Å². The maximum absolute atomic E-state index is 6.01. The molecule has 0 bridgehead atoms. The molecule has 4 aromatic rings. The Morgan fingerprint density at radius 2 is 1.73 bits per heavy atom. The maximum atomic E-state index is 6.01. The summed E-state index contributed by atoms with van der Waals surface area (Å²) in [6.07, 6.45) is 0. The van der Waals surface area contributed by atoms with Crippen molar-refractivity contribution < 1.29 is 4.52 Å². The van der Waals surface area contributed by atoms with Crippen LogP contribution in [-0.2, 0) is 5.75 Å². The van der Waals surface area contributed by atoms with Crippen LogP contribution in [0.5, 0.6) is 0 Å². The third-order valence-corrected chi connectivity index (χ3v) is 4.74. The lowest BCUT2D eigenvalue weighted by atomic mass is 10.1. The monoisotopic (exact) mass is 380 g/mol. The van der Waals surface area contributed by atoms with Gasteiger partial charge in [0.2, 0.25) is 11.7 Å². The first-order valence-corrected chi connectivity index (χ1v) is 9.25. The van der Waals surface area contributed by atoms with Gasteiger partial charge in [-0.25, -0.2) is 0 Å². The van der Waals surface area contributed by atoms with E-state index in [4.69, 9.17) is 16.1 Å². The number of hydrogen-bond donors (Lipinski definition) is 0. The third-order valence-electron chi connectivity index (χ3n) is 3.60. The van der Waals surface area contributed by atoms with E-state index in [2.05, 4.69) is 20.3 Å². The van der Waals surface area contributed by atoms with Gasteiger partial charge in [0.05, 0.1) is 11.4 Å². The highest BCUT2D eigenvalue weighted by atomic mass is 35.5. The molecule has 0 aliphatic rings. The quantitative estimate of drug-likeness (QED) is 0.447. The van der Waals surface area contributed by atoms with E-state index in [0.717, 1.165) is 21.8 Å². The predicted octanol–water partition coefficient (Wildman–Crippen LogP) is 5.14.